The van der Waals surface area contributed by atoms with Crippen LogP contribution in [0.25, 0.3) is 21.8 Å². The predicted molar refractivity (Wildman–Crippen MR) is 77.7 cm³/mol. The number of pyridine rings is 2. The molecule has 0 bridgehead atoms. The number of rotatable bonds is 0. The zero-order valence-corrected chi connectivity index (χ0v) is 11.8. The van der Waals surface area contributed by atoms with E-state index in [1.807, 2.05) is 12.1 Å². The molecule has 0 N–H and O–H groups in total. The minimum atomic E-state index is 0. The fourth-order valence-electron chi connectivity index (χ4n) is 1.68. The second-order valence-corrected chi connectivity index (χ2v) is 3.22. The van der Waals surface area contributed by atoms with E-state index in [1.165, 1.54) is 0 Å². The molecule has 1 aromatic carbocycles. The molecule has 0 atom stereocenters. The van der Waals surface area contributed by atoms with E-state index in [0.29, 0.717) is 0 Å². The molecule has 0 saturated heterocycles. The standard InChI is InChI=1S/C12H8N2.2BrH/c1-3-9-5-6-10-4-2-8-14-12(10)11(9)13-7-1;;/h1-8H;2*1H. The van der Waals surface area contributed by atoms with Crippen LogP contribution in [0, 0.1) is 0 Å². The Morgan fingerprint density at radius 2 is 1.06 bits per heavy atom. The Balaban J connectivity index is 0.000000640. The molecule has 0 fully saturated rings. The lowest BCUT2D eigenvalue weighted by Crippen LogP contribution is -1.83. The van der Waals surface area contributed by atoms with Crippen molar-refractivity contribution in [3.05, 3.63) is 48.8 Å². The topological polar surface area (TPSA) is 25.8 Å². The van der Waals surface area contributed by atoms with Gasteiger partial charge in [-0.15, -0.1) is 34.0 Å². The summed E-state index contributed by atoms with van der Waals surface area (Å²) in [5, 5.41) is 2.28. The van der Waals surface area contributed by atoms with Crippen LogP contribution >= 0.6 is 34.0 Å². The Hall–Kier alpha value is -1.00. The van der Waals surface area contributed by atoms with Gasteiger partial charge in [0.15, 0.2) is 0 Å². The maximum absolute atomic E-state index is 4.35. The van der Waals surface area contributed by atoms with Gasteiger partial charge >= 0.3 is 0 Å². The number of aromatic nitrogens is 2. The fourth-order valence-corrected chi connectivity index (χ4v) is 1.68. The normalized spacial score (nSPS) is 9.50. The van der Waals surface area contributed by atoms with Crippen molar-refractivity contribution < 1.29 is 0 Å². The Labute approximate surface area is 114 Å². The number of benzene rings is 1. The maximum Gasteiger partial charge on any atom is 0.0964 e. The molecule has 0 unspecified atom stereocenters. The highest BCUT2D eigenvalue weighted by Gasteiger charge is 2.00. The quantitative estimate of drug-likeness (QED) is 0.579. The first-order chi connectivity index (χ1) is 6.95. The lowest BCUT2D eigenvalue weighted by atomic mass is 10.1. The highest BCUT2D eigenvalue weighted by molar-refractivity contribution is 8.93. The number of nitrogens with zero attached hydrogens (tertiary/aromatic N) is 2. The van der Waals surface area contributed by atoms with Gasteiger partial charge in [0.1, 0.15) is 0 Å². The van der Waals surface area contributed by atoms with Gasteiger partial charge in [-0.3, -0.25) is 9.97 Å². The maximum atomic E-state index is 4.35. The van der Waals surface area contributed by atoms with Gasteiger partial charge in [0.2, 0.25) is 0 Å². The number of hydrogen-bond donors (Lipinski definition) is 0. The minimum Gasteiger partial charge on any atom is -0.254 e. The van der Waals surface area contributed by atoms with Gasteiger partial charge in [-0.2, -0.15) is 0 Å². The minimum absolute atomic E-state index is 0. The summed E-state index contributed by atoms with van der Waals surface area (Å²) in [5.41, 5.74) is 1.95. The van der Waals surface area contributed by atoms with Crippen molar-refractivity contribution in [1.29, 1.82) is 0 Å². The van der Waals surface area contributed by atoms with Crippen molar-refractivity contribution in [1.82, 2.24) is 9.97 Å². The van der Waals surface area contributed by atoms with E-state index in [0.717, 1.165) is 21.8 Å². The summed E-state index contributed by atoms with van der Waals surface area (Å²) in [7, 11) is 0. The molecule has 2 nitrogen and oxygen atoms in total. The molecule has 0 radical (unpaired) electrons. The SMILES string of the molecule is Br.Br.c1cnc2c(c1)ccc1cccnc12. The molecule has 2 aromatic heterocycles. The van der Waals surface area contributed by atoms with Crippen molar-refractivity contribution in [3.8, 4) is 0 Å². The molecule has 0 aliphatic rings. The smallest absolute Gasteiger partial charge is 0.0964 e. The molecule has 4 heteroatoms. The summed E-state index contributed by atoms with van der Waals surface area (Å²) < 4.78 is 0. The largest absolute Gasteiger partial charge is 0.254 e. The molecule has 0 aliphatic carbocycles. The fraction of sp³-hybridized carbons (Fsp3) is 0. The van der Waals surface area contributed by atoms with Crippen molar-refractivity contribution in [2.75, 3.05) is 0 Å². The first-order valence-corrected chi connectivity index (χ1v) is 4.53. The Morgan fingerprint density at radius 3 is 1.50 bits per heavy atom. The molecule has 3 rings (SSSR count). The summed E-state index contributed by atoms with van der Waals surface area (Å²) in [6.07, 6.45) is 3.60. The van der Waals surface area contributed by atoms with Crippen molar-refractivity contribution in [2.45, 2.75) is 0 Å². The Kier molecular flexibility index (Phi) is 4.38. The van der Waals surface area contributed by atoms with Crippen molar-refractivity contribution in [3.63, 3.8) is 0 Å². The zero-order chi connectivity index (χ0) is 9.38. The number of halogens is 2. The Bertz CT molecular complexity index is 556. The lowest BCUT2D eigenvalue weighted by molar-refractivity contribution is 1.37. The van der Waals surface area contributed by atoms with Crippen LogP contribution < -0.4 is 0 Å². The van der Waals surface area contributed by atoms with E-state index in [4.69, 9.17) is 0 Å². The Morgan fingerprint density at radius 1 is 0.625 bits per heavy atom. The van der Waals surface area contributed by atoms with E-state index >= 15 is 0 Å². The molecule has 82 valence electrons. The molecule has 0 spiro atoms. The van der Waals surface area contributed by atoms with Crippen molar-refractivity contribution >= 4 is 55.8 Å². The van der Waals surface area contributed by atoms with Crippen molar-refractivity contribution in [2.24, 2.45) is 0 Å². The van der Waals surface area contributed by atoms with E-state index in [9.17, 15) is 0 Å². The van der Waals surface area contributed by atoms with Gasteiger partial charge in [0.05, 0.1) is 11.0 Å². The highest BCUT2D eigenvalue weighted by Crippen LogP contribution is 2.20. The van der Waals surface area contributed by atoms with E-state index in [1.54, 1.807) is 12.4 Å². The lowest BCUT2D eigenvalue weighted by Gasteiger charge is -2.00. The summed E-state index contributed by atoms with van der Waals surface area (Å²) >= 11 is 0. The first kappa shape index (κ1) is 13.1. The van der Waals surface area contributed by atoms with Gasteiger partial charge in [0.25, 0.3) is 0 Å². The van der Waals surface area contributed by atoms with Gasteiger partial charge in [-0.1, -0.05) is 24.3 Å². The van der Waals surface area contributed by atoms with Gasteiger partial charge in [0, 0.05) is 23.2 Å². The van der Waals surface area contributed by atoms with Gasteiger partial charge in [-0.05, 0) is 12.1 Å². The predicted octanol–water partition coefficient (Wildman–Crippen LogP) is 3.94. The highest BCUT2D eigenvalue weighted by atomic mass is 79.9. The molecular formula is C12H10Br2N2. The van der Waals surface area contributed by atoms with Crippen LogP contribution in [0.15, 0.2) is 48.8 Å². The summed E-state index contributed by atoms with van der Waals surface area (Å²) in [5.74, 6) is 0. The zero-order valence-electron chi connectivity index (χ0n) is 8.33. The summed E-state index contributed by atoms with van der Waals surface area (Å²) in [6.45, 7) is 0. The second-order valence-electron chi connectivity index (χ2n) is 3.22. The van der Waals surface area contributed by atoms with Gasteiger partial charge in [-0.25, -0.2) is 0 Å². The molecule has 2 heterocycles. The van der Waals surface area contributed by atoms with Gasteiger partial charge < -0.3 is 0 Å². The molecule has 0 saturated carbocycles. The number of fused-ring (bicyclic) bond motifs is 3. The van der Waals surface area contributed by atoms with E-state index in [-0.39, 0.29) is 34.0 Å². The van der Waals surface area contributed by atoms with Crippen LogP contribution in [0.3, 0.4) is 0 Å². The average Bonchev–Trinajstić information content (AvgIpc) is 2.29. The third-order valence-electron chi connectivity index (χ3n) is 2.34. The molecular weight excluding hydrogens is 332 g/mol. The van der Waals surface area contributed by atoms with Crippen LogP contribution in [-0.2, 0) is 0 Å². The average molecular weight is 342 g/mol. The number of hydrogen-bond acceptors (Lipinski definition) is 2. The van der Waals surface area contributed by atoms with Crippen LogP contribution in [0.1, 0.15) is 0 Å². The molecule has 16 heavy (non-hydrogen) atoms. The summed E-state index contributed by atoms with van der Waals surface area (Å²) in [6, 6.07) is 12.1. The summed E-state index contributed by atoms with van der Waals surface area (Å²) in [4.78, 5) is 8.69. The second kappa shape index (κ2) is 5.37. The van der Waals surface area contributed by atoms with Crippen LogP contribution in [0.2, 0.25) is 0 Å². The third kappa shape index (κ3) is 2.08. The van der Waals surface area contributed by atoms with Crippen LogP contribution in [0.5, 0.6) is 0 Å². The first-order valence-electron chi connectivity index (χ1n) is 4.53. The van der Waals surface area contributed by atoms with E-state index < -0.39 is 0 Å². The third-order valence-corrected chi connectivity index (χ3v) is 2.34. The molecule has 0 aliphatic heterocycles. The van der Waals surface area contributed by atoms with Crippen LogP contribution in [-0.4, -0.2) is 9.97 Å². The molecule has 3 aromatic rings. The monoisotopic (exact) mass is 340 g/mol. The molecule has 0 amide bonds. The van der Waals surface area contributed by atoms with E-state index in [2.05, 4.69) is 34.2 Å². The van der Waals surface area contributed by atoms with Crippen LogP contribution in [0.4, 0.5) is 0 Å².